The van der Waals surface area contributed by atoms with E-state index in [0.29, 0.717) is 17.7 Å². The molecule has 0 radical (unpaired) electrons. The summed E-state index contributed by atoms with van der Waals surface area (Å²) in [4.78, 5) is 11.1. The second-order valence-electron chi connectivity index (χ2n) is 4.71. The van der Waals surface area contributed by atoms with Crippen LogP contribution in [0.5, 0.6) is 11.5 Å². The molecule has 2 aromatic carbocycles. The van der Waals surface area contributed by atoms with Gasteiger partial charge in [-0.1, -0.05) is 19.1 Å². The zero-order chi connectivity index (χ0) is 16.1. The van der Waals surface area contributed by atoms with Crippen molar-refractivity contribution in [1.82, 2.24) is 0 Å². The molecule has 0 aliphatic heterocycles. The Bertz CT molecular complexity index is 682. The molecule has 4 nitrogen and oxygen atoms in total. The maximum atomic E-state index is 14.0. The predicted octanol–water partition coefficient (Wildman–Crippen LogP) is 3.99. The first-order chi connectivity index (χ1) is 10.6. The maximum absolute atomic E-state index is 14.0. The Labute approximate surface area is 128 Å². The van der Waals surface area contributed by atoms with Crippen LogP contribution < -0.4 is 9.47 Å². The average Bonchev–Trinajstić information content (AvgIpc) is 2.52. The third-order valence-corrected chi connectivity index (χ3v) is 3.16. The number of carboxylic acids is 1. The number of carbonyl (C=O) groups is 1. The van der Waals surface area contributed by atoms with Crippen LogP contribution in [0, 0.1) is 5.82 Å². The molecule has 0 aliphatic rings. The summed E-state index contributed by atoms with van der Waals surface area (Å²) in [6.45, 7) is 2.40. The summed E-state index contributed by atoms with van der Waals surface area (Å²) >= 11 is 0. The van der Waals surface area contributed by atoms with Crippen molar-refractivity contribution in [2.75, 3.05) is 13.7 Å². The smallest absolute Gasteiger partial charge is 0.339 e. The molecule has 2 aromatic rings. The molecular weight excluding hydrogens is 287 g/mol. The highest BCUT2D eigenvalue weighted by atomic mass is 19.1. The number of carboxylic acid groups (broad SMARTS) is 1. The first-order valence-corrected chi connectivity index (χ1v) is 6.91. The van der Waals surface area contributed by atoms with E-state index in [-0.39, 0.29) is 17.1 Å². The molecule has 0 unspecified atom stereocenters. The van der Waals surface area contributed by atoms with Gasteiger partial charge >= 0.3 is 5.97 Å². The lowest BCUT2D eigenvalue weighted by Gasteiger charge is -2.10. The normalized spacial score (nSPS) is 10.3. The number of methoxy groups -OCH3 is 1. The van der Waals surface area contributed by atoms with E-state index in [2.05, 4.69) is 0 Å². The fraction of sp³-hybridized carbons (Fsp3) is 0.235. The Kier molecular flexibility index (Phi) is 4.99. The van der Waals surface area contributed by atoms with Crippen LogP contribution in [0.4, 0.5) is 4.39 Å². The highest BCUT2D eigenvalue weighted by molar-refractivity contribution is 5.92. The second kappa shape index (κ2) is 6.93. The molecule has 22 heavy (non-hydrogen) atoms. The molecule has 1 N–H and O–H groups in total. The Morgan fingerprint density at radius 1 is 1.14 bits per heavy atom. The number of aromatic carboxylic acids is 1. The highest BCUT2D eigenvalue weighted by Crippen LogP contribution is 2.30. The fourth-order valence-corrected chi connectivity index (χ4v) is 2.06. The van der Waals surface area contributed by atoms with Gasteiger partial charge in [-0.05, 0) is 41.8 Å². The fourth-order valence-electron chi connectivity index (χ4n) is 2.06. The minimum atomic E-state index is -1.07. The molecule has 0 spiro atoms. The maximum Gasteiger partial charge on any atom is 0.339 e. The lowest BCUT2D eigenvalue weighted by atomic mass is 10.0. The molecule has 0 aliphatic carbocycles. The predicted molar refractivity (Wildman–Crippen MR) is 81.1 cm³/mol. The quantitative estimate of drug-likeness (QED) is 0.876. The van der Waals surface area contributed by atoms with E-state index < -0.39 is 11.8 Å². The number of ether oxygens (including phenoxy) is 2. The van der Waals surface area contributed by atoms with Crippen molar-refractivity contribution in [3.05, 3.63) is 47.8 Å². The molecule has 0 amide bonds. The van der Waals surface area contributed by atoms with Crippen LogP contribution in [0.3, 0.4) is 0 Å². The van der Waals surface area contributed by atoms with E-state index in [1.165, 1.54) is 19.2 Å². The number of benzene rings is 2. The summed E-state index contributed by atoms with van der Waals surface area (Å²) in [5.41, 5.74) is 1.36. The summed E-state index contributed by atoms with van der Waals surface area (Å²) in [5, 5.41) is 9.06. The van der Waals surface area contributed by atoms with Crippen LogP contribution in [0.15, 0.2) is 36.4 Å². The Morgan fingerprint density at radius 3 is 2.41 bits per heavy atom. The van der Waals surface area contributed by atoms with Crippen molar-refractivity contribution in [2.24, 2.45) is 0 Å². The largest absolute Gasteiger partial charge is 0.496 e. The van der Waals surface area contributed by atoms with Crippen molar-refractivity contribution in [2.45, 2.75) is 13.3 Å². The summed E-state index contributed by atoms with van der Waals surface area (Å²) < 4.78 is 24.4. The lowest BCUT2D eigenvalue weighted by molar-refractivity contribution is 0.0693. The summed E-state index contributed by atoms with van der Waals surface area (Å²) in [6.07, 6.45) is 0.801. The van der Waals surface area contributed by atoms with Crippen LogP contribution in [-0.2, 0) is 0 Å². The minimum Gasteiger partial charge on any atom is -0.496 e. The molecule has 0 aromatic heterocycles. The van der Waals surface area contributed by atoms with Gasteiger partial charge in [-0.25, -0.2) is 9.18 Å². The molecular formula is C17H17FO4. The van der Waals surface area contributed by atoms with Crippen molar-refractivity contribution >= 4 is 5.97 Å². The Morgan fingerprint density at radius 2 is 1.82 bits per heavy atom. The van der Waals surface area contributed by atoms with Gasteiger partial charge in [-0.2, -0.15) is 0 Å². The molecule has 2 rings (SSSR count). The van der Waals surface area contributed by atoms with Crippen LogP contribution in [0.2, 0.25) is 0 Å². The molecule has 0 atom stereocenters. The van der Waals surface area contributed by atoms with Gasteiger partial charge in [0.25, 0.3) is 0 Å². The molecule has 0 heterocycles. The molecule has 5 heteroatoms. The number of halogens is 1. The molecule has 116 valence electrons. The van der Waals surface area contributed by atoms with E-state index in [4.69, 9.17) is 14.6 Å². The van der Waals surface area contributed by atoms with E-state index >= 15 is 0 Å². The van der Waals surface area contributed by atoms with Crippen molar-refractivity contribution in [1.29, 1.82) is 0 Å². The Balaban J connectivity index is 2.36. The van der Waals surface area contributed by atoms with Gasteiger partial charge in [0.15, 0.2) is 11.6 Å². The van der Waals surface area contributed by atoms with Crippen LogP contribution >= 0.6 is 0 Å². The van der Waals surface area contributed by atoms with Crippen LogP contribution in [0.1, 0.15) is 23.7 Å². The summed E-state index contributed by atoms with van der Waals surface area (Å²) in [7, 11) is 1.40. The van der Waals surface area contributed by atoms with E-state index in [1.807, 2.05) is 6.92 Å². The lowest BCUT2D eigenvalue weighted by Crippen LogP contribution is -2.00. The number of hydrogen-bond donors (Lipinski definition) is 1. The summed E-state index contributed by atoms with van der Waals surface area (Å²) in [6, 6.07) is 9.29. The monoisotopic (exact) mass is 304 g/mol. The van der Waals surface area contributed by atoms with Gasteiger partial charge < -0.3 is 14.6 Å². The Hall–Kier alpha value is -2.56. The third-order valence-electron chi connectivity index (χ3n) is 3.16. The molecule has 0 saturated carbocycles. The van der Waals surface area contributed by atoms with E-state index in [1.54, 1.807) is 24.3 Å². The van der Waals surface area contributed by atoms with Gasteiger partial charge in [0.1, 0.15) is 11.3 Å². The van der Waals surface area contributed by atoms with Gasteiger partial charge in [-0.15, -0.1) is 0 Å². The topological polar surface area (TPSA) is 55.8 Å². The van der Waals surface area contributed by atoms with Gasteiger partial charge in [0.05, 0.1) is 13.7 Å². The molecule has 0 saturated heterocycles. The molecule has 0 bridgehead atoms. The zero-order valence-corrected chi connectivity index (χ0v) is 12.4. The van der Waals surface area contributed by atoms with Gasteiger partial charge in [-0.3, -0.25) is 0 Å². The standard InChI is InChI=1S/C17H17FO4/c1-3-8-22-15-7-5-11(9-14(15)18)12-4-6-13(17(19)20)16(10-12)21-2/h4-7,9-10H,3,8H2,1-2H3,(H,19,20). The SMILES string of the molecule is CCCOc1ccc(-c2ccc(C(=O)O)c(OC)c2)cc1F. The first-order valence-electron chi connectivity index (χ1n) is 6.91. The van der Waals surface area contributed by atoms with Gasteiger partial charge in [0.2, 0.25) is 0 Å². The van der Waals surface area contributed by atoms with E-state index in [9.17, 15) is 9.18 Å². The van der Waals surface area contributed by atoms with E-state index in [0.717, 1.165) is 6.42 Å². The number of rotatable bonds is 6. The zero-order valence-electron chi connectivity index (χ0n) is 12.4. The van der Waals surface area contributed by atoms with Crippen molar-refractivity contribution < 1.29 is 23.8 Å². The van der Waals surface area contributed by atoms with Crippen LogP contribution in [-0.4, -0.2) is 24.8 Å². The average molecular weight is 304 g/mol. The summed E-state index contributed by atoms with van der Waals surface area (Å²) in [5.74, 6) is -1.08. The first kappa shape index (κ1) is 15.8. The third kappa shape index (κ3) is 3.36. The molecule has 0 fully saturated rings. The number of hydrogen-bond acceptors (Lipinski definition) is 3. The van der Waals surface area contributed by atoms with Crippen molar-refractivity contribution in [3.63, 3.8) is 0 Å². The van der Waals surface area contributed by atoms with Crippen molar-refractivity contribution in [3.8, 4) is 22.6 Å². The highest BCUT2D eigenvalue weighted by Gasteiger charge is 2.13. The van der Waals surface area contributed by atoms with Gasteiger partial charge in [0, 0.05) is 0 Å². The second-order valence-corrected chi connectivity index (χ2v) is 4.71. The minimum absolute atomic E-state index is 0.0645. The van der Waals surface area contributed by atoms with Crippen LogP contribution in [0.25, 0.3) is 11.1 Å².